The summed E-state index contributed by atoms with van der Waals surface area (Å²) in [5.41, 5.74) is 2.82. The fourth-order valence-corrected chi connectivity index (χ4v) is 2.52. The number of amides is 1. The first-order chi connectivity index (χ1) is 11.8. The quantitative estimate of drug-likeness (QED) is 0.617. The molecular weight excluding hydrogens is 302 g/mol. The van der Waals surface area contributed by atoms with Gasteiger partial charge in [0.25, 0.3) is 5.91 Å². The molecule has 0 atom stereocenters. The molecule has 0 radical (unpaired) electrons. The van der Waals surface area contributed by atoms with Crippen LogP contribution >= 0.6 is 0 Å². The van der Waals surface area contributed by atoms with Crippen LogP contribution in [0.15, 0.2) is 77.6 Å². The number of fused-ring (bicyclic) bond motifs is 1. The Hall–Kier alpha value is -3.47. The Labute approximate surface area is 137 Å². The van der Waals surface area contributed by atoms with E-state index >= 15 is 0 Å². The Balaban J connectivity index is 1.71. The second-order valence-electron chi connectivity index (χ2n) is 5.31. The van der Waals surface area contributed by atoms with Gasteiger partial charge in [0.05, 0.1) is 17.3 Å². The Morgan fingerprint density at radius 2 is 1.88 bits per heavy atom. The lowest BCUT2D eigenvalue weighted by Gasteiger charge is -2.04. The van der Waals surface area contributed by atoms with E-state index in [1.54, 1.807) is 42.7 Å². The van der Waals surface area contributed by atoms with E-state index in [0.29, 0.717) is 22.5 Å². The predicted octanol–water partition coefficient (Wildman–Crippen LogP) is 4.14. The van der Waals surface area contributed by atoms with Gasteiger partial charge in [0.2, 0.25) is 0 Å². The van der Waals surface area contributed by atoms with Crippen LogP contribution in [0.4, 0.5) is 5.69 Å². The van der Waals surface area contributed by atoms with Gasteiger partial charge in [0.15, 0.2) is 5.76 Å². The van der Waals surface area contributed by atoms with E-state index in [1.165, 1.54) is 0 Å². The number of benzene rings is 2. The molecule has 5 nitrogen and oxygen atoms in total. The molecule has 2 heterocycles. The van der Waals surface area contributed by atoms with Crippen molar-refractivity contribution >= 4 is 22.5 Å². The third-order valence-electron chi connectivity index (χ3n) is 3.69. The van der Waals surface area contributed by atoms with Gasteiger partial charge >= 0.3 is 0 Å². The van der Waals surface area contributed by atoms with E-state index in [4.69, 9.17) is 4.52 Å². The number of aromatic nitrogens is 2. The number of rotatable bonds is 3. The summed E-state index contributed by atoms with van der Waals surface area (Å²) in [7, 11) is 0. The van der Waals surface area contributed by atoms with Crippen LogP contribution in [0.5, 0.6) is 0 Å². The highest BCUT2D eigenvalue weighted by molar-refractivity contribution is 6.07. The van der Waals surface area contributed by atoms with Crippen LogP contribution in [-0.2, 0) is 0 Å². The molecule has 4 aromatic rings. The minimum Gasteiger partial charge on any atom is -0.355 e. The molecule has 0 spiro atoms. The zero-order valence-corrected chi connectivity index (χ0v) is 12.6. The molecule has 1 N–H and O–H groups in total. The summed E-state index contributed by atoms with van der Waals surface area (Å²) >= 11 is 0. The Morgan fingerprint density at radius 1 is 1.00 bits per heavy atom. The molecule has 0 saturated heterocycles. The van der Waals surface area contributed by atoms with Gasteiger partial charge in [-0.1, -0.05) is 35.5 Å². The predicted molar refractivity (Wildman–Crippen MR) is 91.6 cm³/mol. The standard InChI is InChI=1S/C19H13N3O2/c23-19(21-15-7-4-10-20-12-15)14-8-9-17-16(11-14)18(24-22-17)13-5-2-1-3-6-13/h1-12H,(H,21,23). The first kappa shape index (κ1) is 14.1. The summed E-state index contributed by atoms with van der Waals surface area (Å²) in [6.07, 6.45) is 3.26. The monoisotopic (exact) mass is 315 g/mol. The van der Waals surface area contributed by atoms with E-state index in [1.807, 2.05) is 30.3 Å². The van der Waals surface area contributed by atoms with E-state index in [0.717, 1.165) is 10.9 Å². The van der Waals surface area contributed by atoms with E-state index in [-0.39, 0.29) is 5.91 Å². The fraction of sp³-hybridized carbons (Fsp3) is 0. The number of hydrogen-bond donors (Lipinski definition) is 1. The molecule has 5 heteroatoms. The maximum absolute atomic E-state index is 12.4. The van der Waals surface area contributed by atoms with Crippen molar-refractivity contribution in [2.75, 3.05) is 5.32 Å². The minimum atomic E-state index is -0.204. The van der Waals surface area contributed by atoms with Crippen molar-refractivity contribution in [3.05, 3.63) is 78.6 Å². The zero-order chi connectivity index (χ0) is 16.4. The molecule has 24 heavy (non-hydrogen) atoms. The number of anilines is 1. The summed E-state index contributed by atoms with van der Waals surface area (Å²) in [6, 6.07) is 18.6. The van der Waals surface area contributed by atoms with Gasteiger partial charge < -0.3 is 9.84 Å². The third kappa shape index (κ3) is 2.63. The molecule has 0 aliphatic heterocycles. The lowest BCUT2D eigenvalue weighted by molar-refractivity contribution is 0.102. The Morgan fingerprint density at radius 3 is 2.67 bits per heavy atom. The van der Waals surface area contributed by atoms with Gasteiger partial charge in [-0.15, -0.1) is 0 Å². The maximum atomic E-state index is 12.4. The topological polar surface area (TPSA) is 68.0 Å². The van der Waals surface area contributed by atoms with Crippen molar-refractivity contribution in [3.63, 3.8) is 0 Å². The summed E-state index contributed by atoms with van der Waals surface area (Å²) in [5, 5.41) is 7.69. The normalized spacial score (nSPS) is 10.7. The van der Waals surface area contributed by atoms with Crippen LogP contribution in [0, 0.1) is 0 Å². The molecule has 0 aliphatic rings. The van der Waals surface area contributed by atoms with Crippen LogP contribution in [0.25, 0.3) is 22.2 Å². The van der Waals surface area contributed by atoms with Crippen LogP contribution < -0.4 is 5.32 Å². The molecule has 2 aromatic heterocycles. The number of hydrogen-bond acceptors (Lipinski definition) is 4. The highest BCUT2D eigenvalue weighted by Crippen LogP contribution is 2.29. The summed E-state index contributed by atoms with van der Waals surface area (Å²) < 4.78 is 5.46. The average molecular weight is 315 g/mol. The van der Waals surface area contributed by atoms with Crippen molar-refractivity contribution in [1.29, 1.82) is 0 Å². The molecule has 0 bridgehead atoms. The molecule has 1 amide bonds. The minimum absolute atomic E-state index is 0.204. The zero-order valence-electron chi connectivity index (χ0n) is 12.6. The third-order valence-corrected chi connectivity index (χ3v) is 3.69. The molecule has 0 fully saturated rings. The Kier molecular flexibility index (Phi) is 3.51. The number of carbonyl (C=O) groups excluding carboxylic acids is 1. The highest BCUT2D eigenvalue weighted by Gasteiger charge is 2.14. The number of carbonyl (C=O) groups is 1. The number of nitrogens with zero attached hydrogens (tertiary/aromatic N) is 2. The van der Waals surface area contributed by atoms with Gasteiger partial charge in [-0.05, 0) is 30.3 Å². The lowest BCUT2D eigenvalue weighted by Crippen LogP contribution is -2.11. The fourth-order valence-electron chi connectivity index (χ4n) is 2.52. The first-order valence-electron chi connectivity index (χ1n) is 7.47. The van der Waals surface area contributed by atoms with Crippen LogP contribution in [-0.4, -0.2) is 16.0 Å². The molecule has 2 aromatic carbocycles. The maximum Gasteiger partial charge on any atom is 0.255 e. The molecular formula is C19H13N3O2. The SMILES string of the molecule is O=C(Nc1cccnc1)c1ccc2noc(-c3ccccc3)c2c1. The largest absolute Gasteiger partial charge is 0.355 e. The van der Waals surface area contributed by atoms with Gasteiger partial charge in [-0.2, -0.15) is 0 Å². The van der Waals surface area contributed by atoms with Crippen molar-refractivity contribution in [2.45, 2.75) is 0 Å². The highest BCUT2D eigenvalue weighted by atomic mass is 16.5. The van der Waals surface area contributed by atoms with Gasteiger partial charge in [0.1, 0.15) is 5.52 Å². The number of pyridine rings is 1. The van der Waals surface area contributed by atoms with Gasteiger partial charge in [-0.25, -0.2) is 0 Å². The van der Waals surface area contributed by atoms with Crippen molar-refractivity contribution in [3.8, 4) is 11.3 Å². The molecule has 4 rings (SSSR count). The summed E-state index contributed by atoms with van der Waals surface area (Å²) in [5.74, 6) is 0.451. The van der Waals surface area contributed by atoms with Crippen LogP contribution in [0.3, 0.4) is 0 Å². The molecule has 0 unspecified atom stereocenters. The van der Waals surface area contributed by atoms with E-state index in [2.05, 4.69) is 15.5 Å². The van der Waals surface area contributed by atoms with Crippen LogP contribution in [0.2, 0.25) is 0 Å². The first-order valence-corrected chi connectivity index (χ1v) is 7.47. The number of nitrogens with one attached hydrogen (secondary N) is 1. The average Bonchev–Trinajstić information content (AvgIpc) is 3.06. The second kappa shape index (κ2) is 5.96. The molecule has 0 aliphatic carbocycles. The van der Waals surface area contributed by atoms with E-state index < -0.39 is 0 Å². The second-order valence-corrected chi connectivity index (χ2v) is 5.31. The van der Waals surface area contributed by atoms with Gasteiger partial charge in [-0.3, -0.25) is 9.78 Å². The molecule has 0 saturated carbocycles. The van der Waals surface area contributed by atoms with Gasteiger partial charge in [0, 0.05) is 17.3 Å². The summed E-state index contributed by atoms with van der Waals surface area (Å²) in [6.45, 7) is 0. The Bertz CT molecular complexity index is 995. The van der Waals surface area contributed by atoms with E-state index in [9.17, 15) is 4.79 Å². The molecule has 116 valence electrons. The van der Waals surface area contributed by atoms with Crippen molar-refractivity contribution in [1.82, 2.24) is 10.1 Å². The van der Waals surface area contributed by atoms with Crippen molar-refractivity contribution < 1.29 is 9.32 Å². The smallest absolute Gasteiger partial charge is 0.255 e. The summed E-state index contributed by atoms with van der Waals surface area (Å²) in [4.78, 5) is 16.4. The van der Waals surface area contributed by atoms with Crippen LogP contribution in [0.1, 0.15) is 10.4 Å². The lowest BCUT2D eigenvalue weighted by atomic mass is 10.1. The van der Waals surface area contributed by atoms with Crippen molar-refractivity contribution in [2.24, 2.45) is 0 Å².